The Morgan fingerprint density at radius 3 is 2.44 bits per heavy atom. The molecule has 1 fully saturated rings. The smallest absolute Gasteiger partial charge is 0.321 e. The molecule has 5 rings (SSSR count). The van der Waals surface area contributed by atoms with E-state index in [1.54, 1.807) is 70.4 Å². The first-order valence-corrected chi connectivity index (χ1v) is 11.3. The number of carbonyl (C=O) groups is 2. The molecule has 0 aliphatic carbocycles. The second-order valence-electron chi connectivity index (χ2n) is 8.75. The van der Waals surface area contributed by atoms with Gasteiger partial charge in [0.2, 0.25) is 5.91 Å². The molecule has 9 heteroatoms. The molecule has 0 unspecified atom stereocenters. The van der Waals surface area contributed by atoms with E-state index in [1.165, 1.54) is 0 Å². The number of anilines is 1. The number of hydrogen-bond donors (Lipinski definition) is 1. The van der Waals surface area contributed by atoms with Crippen LogP contribution in [0.1, 0.15) is 30.5 Å². The van der Waals surface area contributed by atoms with Crippen molar-refractivity contribution in [3.8, 4) is 11.8 Å². The average molecular weight is 485 g/mol. The predicted molar refractivity (Wildman–Crippen MR) is 130 cm³/mol. The highest BCUT2D eigenvalue weighted by Gasteiger charge is 2.45. The largest absolute Gasteiger partial charge is 0.345 e. The zero-order chi connectivity index (χ0) is 25.4. The van der Waals surface area contributed by atoms with E-state index in [9.17, 15) is 18.4 Å². The van der Waals surface area contributed by atoms with E-state index >= 15 is 0 Å². The van der Waals surface area contributed by atoms with Crippen LogP contribution < -0.4 is 10.2 Å². The molecule has 3 aromatic carbocycles. The molecule has 0 spiro atoms. The molecule has 2 atom stereocenters. The highest BCUT2D eigenvalue weighted by Crippen LogP contribution is 2.39. The number of nitrogens with zero attached hydrogens (tertiary/aromatic N) is 4. The van der Waals surface area contributed by atoms with Gasteiger partial charge in [0.05, 0.1) is 41.1 Å². The fraction of sp³-hybridized carbons (Fsp3) is 0.185. The number of hydrogen-bond acceptors (Lipinski definition) is 4. The van der Waals surface area contributed by atoms with Crippen LogP contribution in [0.25, 0.3) is 16.6 Å². The first-order chi connectivity index (χ1) is 17.3. The number of nitriles is 1. The molecule has 0 saturated carbocycles. The molecule has 4 aromatic rings. The van der Waals surface area contributed by atoms with E-state index in [1.807, 2.05) is 18.2 Å². The van der Waals surface area contributed by atoms with Gasteiger partial charge in [0.1, 0.15) is 0 Å². The van der Waals surface area contributed by atoms with Crippen LogP contribution in [0.2, 0.25) is 0 Å². The van der Waals surface area contributed by atoms with Gasteiger partial charge in [-0.15, -0.1) is 0 Å². The second-order valence-corrected chi connectivity index (χ2v) is 8.75. The number of fused-ring (bicyclic) bond motifs is 1. The topological polar surface area (TPSA) is 91.0 Å². The Kier molecular flexibility index (Phi) is 5.72. The normalized spacial score (nSPS) is 17.8. The molecule has 2 heterocycles. The van der Waals surface area contributed by atoms with Gasteiger partial charge in [-0.2, -0.15) is 19.1 Å². The predicted octanol–water partition coefficient (Wildman–Crippen LogP) is 4.52. The summed E-state index contributed by atoms with van der Waals surface area (Å²) in [7, 11) is 0. The van der Waals surface area contributed by atoms with Crippen LogP contribution in [0, 0.1) is 11.3 Å². The molecule has 180 valence electrons. The summed E-state index contributed by atoms with van der Waals surface area (Å²) in [4.78, 5) is 26.8. The summed E-state index contributed by atoms with van der Waals surface area (Å²) in [5.74, 6) is -5.26. The van der Waals surface area contributed by atoms with Gasteiger partial charge in [0.25, 0.3) is 5.91 Å². The number of alkyl halides is 2. The lowest BCUT2D eigenvalue weighted by molar-refractivity contribution is -0.143. The summed E-state index contributed by atoms with van der Waals surface area (Å²) in [5.41, 5.74) is 3.41. The Morgan fingerprint density at radius 1 is 1.08 bits per heavy atom. The SMILES string of the molecule is CC(F)(F)C(=O)N[C@H]1CC(=O)N(c2ccc3c(cnn3-c3ccc(C#N)cc3)c2)[C@@H]1c1ccccc1. The van der Waals surface area contributed by atoms with Crippen molar-refractivity contribution in [1.29, 1.82) is 5.26 Å². The van der Waals surface area contributed by atoms with Crippen LogP contribution in [0.3, 0.4) is 0 Å². The van der Waals surface area contributed by atoms with Crippen molar-refractivity contribution in [1.82, 2.24) is 15.1 Å². The molecule has 1 aliphatic rings. The van der Waals surface area contributed by atoms with Crippen molar-refractivity contribution in [3.63, 3.8) is 0 Å². The third-order valence-electron chi connectivity index (χ3n) is 6.25. The molecule has 1 aliphatic heterocycles. The summed E-state index contributed by atoms with van der Waals surface area (Å²) < 4.78 is 29.0. The molecule has 7 nitrogen and oxygen atoms in total. The quantitative estimate of drug-likeness (QED) is 0.450. The number of aromatic nitrogens is 2. The van der Waals surface area contributed by atoms with Gasteiger partial charge in [-0.3, -0.25) is 9.59 Å². The summed E-state index contributed by atoms with van der Waals surface area (Å²) in [5, 5.41) is 16.6. The maximum atomic E-state index is 13.6. The minimum absolute atomic E-state index is 0.107. The number of halogens is 2. The maximum Gasteiger partial charge on any atom is 0.321 e. The third kappa shape index (κ3) is 4.18. The zero-order valence-electron chi connectivity index (χ0n) is 19.2. The molecule has 36 heavy (non-hydrogen) atoms. The number of amides is 2. The van der Waals surface area contributed by atoms with Crippen molar-refractivity contribution < 1.29 is 18.4 Å². The van der Waals surface area contributed by atoms with Crippen LogP contribution in [0.5, 0.6) is 0 Å². The molecule has 1 N–H and O–H groups in total. The molecule has 2 amide bonds. The van der Waals surface area contributed by atoms with E-state index in [4.69, 9.17) is 5.26 Å². The lowest BCUT2D eigenvalue weighted by atomic mass is 9.99. The lowest BCUT2D eigenvalue weighted by Gasteiger charge is -2.29. The Hall–Kier alpha value is -4.58. The van der Waals surface area contributed by atoms with Crippen molar-refractivity contribution in [2.24, 2.45) is 0 Å². The van der Waals surface area contributed by atoms with Crippen LogP contribution in [0.15, 0.2) is 79.0 Å². The number of benzene rings is 3. The van der Waals surface area contributed by atoms with Gasteiger partial charge >= 0.3 is 5.92 Å². The average Bonchev–Trinajstić information content (AvgIpc) is 3.44. The summed E-state index contributed by atoms with van der Waals surface area (Å²) in [6, 6.07) is 22.1. The highest BCUT2D eigenvalue weighted by molar-refractivity contribution is 6.00. The van der Waals surface area contributed by atoms with Crippen LogP contribution in [0.4, 0.5) is 14.5 Å². The van der Waals surface area contributed by atoms with E-state index in [-0.39, 0.29) is 12.3 Å². The third-order valence-corrected chi connectivity index (χ3v) is 6.25. The summed E-state index contributed by atoms with van der Waals surface area (Å²) >= 11 is 0. The molecule has 0 radical (unpaired) electrons. The van der Waals surface area contributed by atoms with E-state index < -0.39 is 23.9 Å². The number of rotatable bonds is 5. The van der Waals surface area contributed by atoms with Crippen molar-refractivity contribution in [2.45, 2.75) is 31.4 Å². The fourth-order valence-electron chi connectivity index (χ4n) is 4.55. The molecular weight excluding hydrogens is 464 g/mol. The van der Waals surface area contributed by atoms with Crippen LogP contribution in [-0.2, 0) is 9.59 Å². The number of nitrogens with one attached hydrogen (secondary N) is 1. The van der Waals surface area contributed by atoms with Crippen molar-refractivity contribution in [3.05, 3.63) is 90.1 Å². The van der Waals surface area contributed by atoms with Crippen molar-refractivity contribution in [2.75, 3.05) is 4.90 Å². The molecule has 1 saturated heterocycles. The van der Waals surface area contributed by atoms with Gasteiger partial charge in [0.15, 0.2) is 0 Å². The van der Waals surface area contributed by atoms with Gasteiger partial charge < -0.3 is 10.2 Å². The fourth-order valence-corrected chi connectivity index (χ4v) is 4.55. The second kappa shape index (κ2) is 8.89. The first-order valence-electron chi connectivity index (χ1n) is 11.3. The minimum Gasteiger partial charge on any atom is -0.345 e. The van der Waals surface area contributed by atoms with Crippen molar-refractivity contribution >= 4 is 28.4 Å². The van der Waals surface area contributed by atoms with E-state index in [2.05, 4.69) is 16.5 Å². The Morgan fingerprint density at radius 2 is 1.78 bits per heavy atom. The summed E-state index contributed by atoms with van der Waals surface area (Å²) in [6.45, 7) is 0.536. The van der Waals surface area contributed by atoms with E-state index in [0.29, 0.717) is 18.2 Å². The Balaban J connectivity index is 1.53. The van der Waals surface area contributed by atoms with E-state index in [0.717, 1.165) is 22.2 Å². The highest BCUT2D eigenvalue weighted by atomic mass is 19.3. The first kappa shape index (κ1) is 23.2. The van der Waals surface area contributed by atoms with Gasteiger partial charge in [-0.25, -0.2) is 4.68 Å². The van der Waals surface area contributed by atoms with Crippen LogP contribution in [-0.4, -0.2) is 33.6 Å². The Labute approximate surface area is 205 Å². The standard InChI is InChI=1S/C27H21F2N5O2/c1-27(28,29)26(36)32-22-14-24(35)33(25(22)18-5-3-2-4-6-18)21-11-12-23-19(13-21)16-31-34(23)20-9-7-17(15-30)8-10-20/h2-13,16,22,25H,14H2,1H3,(H,32,36)/t22-,25+/m0/s1. The molecule has 1 aromatic heterocycles. The van der Waals surface area contributed by atoms with Gasteiger partial charge in [0, 0.05) is 24.4 Å². The minimum atomic E-state index is -3.56. The zero-order valence-corrected chi connectivity index (χ0v) is 19.2. The monoisotopic (exact) mass is 485 g/mol. The maximum absolute atomic E-state index is 13.6. The number of carbonyl (C=O) groups excluding carboxylic acids is 2. The van der Waals surface area contributed by atoms with Gasteiger partial charge in [-0.05, 0) is 48.0 Å². The molecular formula is C27H21F2N5O2. The van der Waals surface area contributed by atoms with Crippen LogP contribution >= 0.6 is 0 Å². The van der Waals surface area contributed by atoms with Gasteiger partial charge in [-0.1, -0.05) is 30.3 Å². The molecule has 0 bridgehead atoms. The lowest BCUT2D eigenvalue weighted by Crippen LogP contribution is -2.46. The Bertz CT molecular complexity index is 1490. The summed E-state index contributed by atoms with van der Waals surface area (Å²) in [6.07, 6.45) is 1.57.